The Hall–Kier alpha value is -1.28. The Labute approximate surface area is 113 Å². The fraction of sp³-hybridized carbons (Fsp3) is 0.500. The summed E-state index contributed by atoms with van der Waals surface area (Å²) in [5.74, 6) is 0. The van der Waals surface area contributed by atoms with Gasteiger partial charge in [-0.1, -0.05) is 56.7 Å². The van der Waals surface area contributed by atoms with Crippen molar-refractivity contribution in [1.29, 1.82) is 0 Å². The van der Waals surface area contributed by atoms with Crippen molar-refractivity contribution in [1.82, 2.24) is 0 Å². The van der Waals surface area contributed by atoms with E-state index in [0.717, 1.165) is 6.42 Å². The third-order valence-electron chi connectivity index (χ3n) is 2.29. The maximum atomic E-state index is 8.31. The van der Waals surface area contributed by atoms with Gasteiger partial charge in [-0.15, -0.1) is 0 Å². The minimum Gasteiger partial charge on any atom is -0.399 e. The lowest BCUT2D eigenvalue weighted by Crippen LogP contribution is -1.92. The van der Waals surface area contributed by atoms with E-state index in [2.05, 4.69) is 32.1 Å². The van der Waals surface area contributed by atoms with Crippen LogP contribution in [0.4, 0.5) is 0 Å². The summed E-state index contributed by atoms with van der Waals surface area (Å²) >= 11 is 0. The summed E-state index contributed by atoms with van der Waals surface area (Å²) in [4.78, 5) is 0. The van der Waals surface area contributed by atoms with Gasteiger partial charge in [0.25, 0.3) is 0 Å². The van der Waals surface area contributed by atoms with Crippen molar-refractivity contribution in [3.63, 3.8) is 0 Å². The van der Waals surface area contributed by atoms with Gasteiger partial charge in [0.05, 0.1) is 6.61 Å². The Morgan fingerprint density at radius 2 is 1.78 bits per heavy atom. The van der Waals surface area contributed by atoms with E-state index in [4.69, 9.17) is 10.8 Å². The highest BCUT2D eigenvalue weighted by molar-refractivity contribution is 5.14. The molecule has 0 aromatic heterocycles. The van der Waals surface area contributed by atoms with Crippen molar-refractivity contribution in [2.45, 2.75) is 47.0 Å². The molecule has 0 aromatic carbocycles. The van der Waals surface area contributed by atoms with E-state index in [1.165, 1.54) is 18.4 Å². The van der Waals surface area contributed by atoms with Crippen LogP contribution in [-0.4, -0.2) is 11.7 Å². The smallest absolute Gasteiger partial charge is 0.0616 e. The molecule has 0 unspecified atom stereocenters. The summed E-state index contributed by atoms with van der Waals surface area (Å²) in [6.45, 7) is 8.50. The van der Waals surface area contributed by atoms with Gasteiger partial charge in [0.15, 0.2) is 0 Å². The van der Waals surface area contributed by atoms with E-state index in [-0.39, 0.29) is 6.61 Å². The van der Waals surface area contributed by atoms with Crippen LogP contribution in [0.2, 0.25) is 0 Å². The molecule has 0 saturated heterocycles. The van der Waals surface area contributed by atoms with E-state index >= 15 is 0 Å². The predicted molar refractivity (Wildman–Crippen MR) is 82.3 cm³/mol. The zero-order chi connectivity index (χ0) is 14.2. The maximum absolute atomic E-state index is 8.31. The molecule has 0 aliphatic heterocycles. The molecule has 0 aliphatic carbocycles. The zero-order valence-corrected chi connectivity index (χ0v) is 12.3. The minimum absolute atomic E-state index is 0.0538. The van der Waals surface area contributed by atoms with Gasteiger partial charge in [-0.3, -0.25) is 0 Å². The molecule has 2 heteroatoms. The normalized spacial score (nSPS) is 11.5. The minimum atomic E-state index is 0.0538. The molecular formula is C16H29NO. The molecule has 0 radical (unpaired) electrons. The molecule has 0 heterocycles. The Morgan fingerprint density at radius 1 is 1.17 bits per heavy atom. The Morgan fingerprint density at radius 3 is 2.17 bits per heavy atom. The van der Waals surface area contributed by atoms with E-state index < -0.39 is 0 Å². The van der Waals surface area contributed by atoms with Crippen molar-refractivity contribution >= 4 is 0 Å². The fourth-order valence-corrected chi connectivity index (χ4v) is 1.21. The molecule has 0 rings (SSSR count). The fourth-order valence-electron chi connectivity index (χ4n) is 1.21. The molecule has 0 amide bonds. The number of hydrogen-bond acceptors (Lipinski definition) is 2. The van der Waals surface area contributed by atoms with E-state index in [1.54, 1.807) is 12.2 Å². The highest BCUT2D eigenvalue weighted by atomic mass is 16.2. The quantitative estimate of drug-likeness (QED) is 0.698. The second-order valence-corrected chi connectivity index (χ2v) is 3.76. The lowest BCUT2D eigenvalue weighted by Gasteiger charge is -1.94. The highest BCUT2D eigenvalue weighted by Crippen LogP contribution is 2.04. The first kappa shape index (κ1) is 19.1. The number of allylic oxidation sites excluding steroid dienone is 6. The van der Waals surface area contributed by atoms with Crippen molar-refractivity contribution in [2.24, 2.45) is 5.73 Å². The monoisotopic (exact) mass is 251 g/mol. The standard InChI is InChI=1S/C9H16.C7H13NO/c1-4-7-8-9(5-2)6-3;1-2-4-7(8)5-3-6-9/h4,7-8H,5-6H2,1-3H3;3-5,9H,2,6,8H2,1H3/b7-4-;5-3-,7-4+. The van der Waals surface area contributed by atoms with Crippen LogP contribution in [0.1, 0.15) is 47.0 Å². The van der Waals surface area contributed by atoms with Gasteiger partial charge >= 0.3 is 0 Å². The summed E-state index contributed by atoms with van der Waals surface area (Å²) in [7, 11) is 0. The summed E-state index contributed by atoms with van der Waals surface area (Å²) in [6.07, 6.45) is 14.9. The molecular weight excluding hydrogens is 222 g/mol. The summed E-state index contributed by atoms with van der Waals surface area (Å²) in [5, 5.41) is 8.31. The SMILES string of the molecule is C/C=C\C=C(CC)CC.CC/C=C(N)\C=C/CO. The van der Waals surface area contributed by atoms with E-state index in [0.29, 0.717) is 5.70 Å². The number of aliphatic hydroxyl groups is 1. The van der Waals surface area contributed by atoms with Gasteiger partial charge in [-0.05, 0) is 32.3 Å². The third-order valence-corrected chi connectivity index (χ3v) is 2.29. The van der Waals surface area contributed by atoms with Gasteiger partial charge in [0.2, 0.25) is 0 Å². The number of hydrogen-bond donors (Lipinski definition) is 2. The van der Waals surface area contributed by atoms with Crippen molar-refractivity contribution in [3.05, 3.63) is 47.7 Å². The van der Waals surface area contributed by atoms with Crippen LogP contribution in [0.15, 0.2) is 47.7 Å². The lowest BCUT2D eigenvalue weighted by molar-refractivity contribution is 0.342. The first-order valence-electron chi connectivity index (χ1n) is 6.69. The van der Waals surface area contributed by atoms with Crippen LogP contribution in [-0.2, 0) is 0 Å². The van der Waals surface area contributed by atoms with Crippen molar-refractivity contribution < 1.29 is 5.11 Å². The zero-order valence-electron chi connectivity index (χ0n) is 12.3. The molecule has 0 spiro atoms. The second-order valence-electron chi connectivity index (χ2n) is 3.76. The number of rotatable bonds is 6. The van der Waals surface area contributed by atoms with E-state index in [1.807, 2.05) is 19.9 Å². The topological polar surface area (TPSA) is 46.2 Å². The van der Waals surface area contributed by atoms with Crippen molar-refractivity contribution in [2.75, 3.05) is 6.61 Å². The number of aliphatic hydroxyl groups excluding tert-OH is 1. The molecule has 3 N–H and O–H groups in total. The molecule has 0 saturated carbocycles. The first-order chi connectivity index (χ1) is 8.65. The van der Waals surface area contributed by atoms with Crippen molar-refractivity contribution in [3.8, 4) is 0 Å². The van der Waals surface area contributed by atoms with Gasteiger partial charge in [-0.2, -0.15) is 0 Å². The van der Waals surface area contributed by atoms with Crippen LogP contribution in [0.25, 0.3) is 0 Å². The molecule has 2 nitrogen and oxygen atoms in total. The largest absolute Gasteiger partial charge is 0.399 e. The molecule has 0 aliphatic rings. The van der Waals surface area contributed by atoms with Crippen LogP contribution in [0, 0.1) is 0 Å². The molecule has 0 fully saturated rings. The molecule has 0 bridgehead atoms. The molecule has 18 heavy (non-hydrogen) atoms. The first-order valence-corrected chi connectivity index (χ1v) is 6.69. The average molecular weight is 251 g/mol. The molecule has 0 atom stereocenters. The number of nitrogens with two attached hydrogens (primary N) is 1. The Kier molecular flexibility index (Phi) is 16.7. The summed E-state index contributed by atoms with van der Waals surface area (Å²) in [6, 6.07) is 0. The van der Waals surface area contributed by atoms with E-state index in [9.17, 15) is 0 Å². The molecule has 104 valence electrons. The van der Waals surface area contributed by atoms with Crippen LogP contribution in [0.3, 0.4) is 0 Å². The summed E-state index contributed by atoms with van der Waals surface area (Å²) < 4.78 is 0. The van der Waals surface area contributed by atoms with Gasteiger partial charge in [-0.25, -0.2) is 0 Å². The third kappa shape index (κ3) is 14.7. The highest BCUT2D eigenvalue weighted by Gasteiger charge is 1.83. The van der Waals surface area contributed by atoms with Gasteiger partial charge in [0.1, 0.15) is 0 Å². The molecule has 0 aromatic rings. The van der Waals surface area contributed by atoms with Crippen LogP contribution < -0.4 is 5.73 Å². The Bertz CT molecular complexity index is 279. The van der Waals surface area contributed by atoms with Crippen LogP contribution in [0.5, 0.6) is 0 Å². The van der Waals surface area contributed by atoms with Gasteiger partial charge in [0, 0.05) is 5.70 Å². The lowest BCUT2D eigenvalue weighted by atomic mass is 10.1. The second kappa shape index (κ2) is 15.7. The average Bonchev–Trinajstić information content (AvgIpc) is 2.39. The predicted octanol–water partition coefficient (Wildman–Crippen LogP) is 4.10. The maximum Gasteiger partial charge on any atom is 0.0616 e. The Balaban J connectivity index is 0. The van der Waals surface area contributed by atoms with Crippen LogP contribution >= 0.6 is 0 Å². The van der Waals surface area contributed by atoms with Gasteiger partial charge < -0.3 is 10.8 Å². The summed E-state index contributed by atoms with van der Waals surface area (Å²) in [5.41, 5.74) is 7.67.